The zero-order chi connectivity index (χ0) is 21.0. The number of hydrogen-bond donors (Lipinski definition) is 5. The average Bonchev–Trinajstić information content (AvgIpc) is 2.94. The van der Waals surface area contributed by atoms with Crippen LogP contribution < -0.4 is 11.2 Å². The van der Waals surface area contributed by atoms with Crippen molar-refractivity contribution in [3.63, 3.8) is 0 Å². The molecule has 0 spiro atoms. The highest BCUT2D eigenvalue weighted by molar-refractivity contribution is 7.99. The van der Waals surface area contributed by atoms with Crippen molar-refractivity contribution in [2.75, 3.05) is 26.4 Å². The normalized spacial score (nSPS) is 26.7. The van der Waals surface area contributed by atoms with Crippen molar-refractivity contribution in [3.8, 4) is 0 Å². The van der Waals surface area contributed by atoms with Crippen molar-refractivity contribution in [2.45, 2.75) is 34.0 Å². The van der Waals surface area contributed by atoms with Crippen LogP contribution in [0.3, 0.4) is 0 Å². The molecule has 0 bridgehead atoms. The molecule has 1 aliphatic heterocycles. The number of H-pyrrole nitrogens is 1. The van der Waals surface area contributed by atoms with Gasteiger partial charge in [-0.3, -0.25) is 14.3 Å². The molecule has 2 heterocycles. The molecule has 1 saturated heterocycles. The lowest BCUT2D eigenvalue weighted by atomic mass is 10.0. The van der Waals surface area contributed by atoms with E-state index in [1.54, 1.807) is 24.3 Å². The minimum absolute atomic E-state index is 0.114. The Morgan fingerprint density at radius 3 is 2.55 bits per heavy atom. The number of rotatable bonds is 8. The number of hydrogen-bond acceptors (Lipinski definition) is 9. The summed E-state index contributed by atoms with van der Waals surface area (Å²) in [4.78, 5) is 27.6. The van der Waals surface area contributed by atoms with E-state index < -0.39 is 48.5 Å². The summed E-state index contributed by atoms with van der Waals surface area (Å²) in [6, 6.07) is 10.1. The van der Waals surface area contributed by atoms with Crippen LogP contribution in [-0.2, 0) is 15.2 Å². The maximum Gasteiger partial charge on any atom is 0.331 e. The third-order valence-electron chi connectivity index (χ3n) is 4.50. The van der Waals surface area contributed by atoms with E-state index in [1.165, 1.54) is 6.07 Å². The van der Waals surface area contributed by atoms with Gasteiger partial charge in [0.05, 0.1) is 31.5 Å². The second-order valence-corrected chi connectivity index (χ2v) is 7.52. The molecule has 0 unspecified atom stereocenters. The fourth-order valence-corrected chi connectivity index (χ4v) is 4.22. The molecule has 5 N–H and O–H groups in total. The Hall–Kier alpha value is -1.99. The first-order valence-electron chi connectivity index (χ1n) is 8.86. The van der Waals surface area contributed by atoms with Crippen LogP contribution in [0.4, 0.5) is 0 Å². The van der Waals surface area contributed by atoms with E-state index in [4.69, 9.17) is 14.6 Å². The molecule has 1 aromatic heterocycles. The molecule has 4 atom stereocenters. The van der Waals surface area contributed by atoms with Crippen molar-refractivity contribution < 1.29 is 29.9 Å². The molecule has 0 amide bonds. The third-order valence-corrected chi connectivity index (χ3v) is 5.52. The smallest absolute Gasteiger partial charge is 0.331 e. The molecule has 1 aliphatic rings. The number of ether oxygens (including phenoxy) is 2. The van der Waals surface area contributed by atoms with Crippen LogP contribution in [0.1, 0.15) is 0 Å². The maximum atomic E-state index is 12.8. The van der Waals surface area contributed by atoms with Crippen LogP contribution in [0.2, 0.25) is 0 Å². The van der Waals surface area contributed by atoms with Gasteiger partial charge < -0.3 is 29.9 Å². The van der Waals surface area contributed by atoms with E-state index in [9.17, 15) is 24.9 Å². The van der Waals surface area contributed by atoms with E-state index in [0.29, 0.717) is 4.90 Å². The number of aromatic nitrogens is 2. The van der Waals surface area contributed by atoms with Crippen LogP contribution in [0.15, 0.2) is 55.9 Å². The lowest BCUT2D eigenvalue weighted by Crippen LogP contribution is -2.55. The number of aliphatic hydroxyl groups excluding tert-OH is 4. The average molecular weight is 426 g/mol. The van der Waals surface area contributed by atoms with Gasteiger partial charge in [-0.25, -0.2) is 4.79 Å². The lowest BCUT2D eigenvalue weighted by molar-refractivity contribution is -0.190. The van der Waals surface area contributed by atoms with E-state index in [0.717, 1.165) is 16.3 Å². The molecule has 10 nitrogen and oxygen atoms in total. The molecule has 1 fully saturated rings. The first-order chi connectivity index (χ1) is 13.9. The Morgan fingerprint density at radius 1 is 1.21 bits per heavy atom. The Morgan fingerprint density at radius 2 is 1.93 bits per heavy atom. The Balaban J connectivity index is 2.15. The molecule has 3 rings (SSSR count). The number of nitrogens with one attached hydrogen (secondary N) is 1. The predicted octanol–water partition coefficient (Wildman–Crippen LogP) is -1.54. The van der Waals surface area contributed by atoms with Crippen molar-refractivity contribution in [1.29, 1.82) is 0 Å². The largest absolute Gasteiger partial charge is 0.394 e. The molecule has 2 aromatic rings. The predicted molar refractivity (Wildman–Crippen MR) is 102 cm³/mol. The molecule has 11 heteroatoms. The first kappa shape index (κ1) is 21.7. The van der Waals surface area contributed by atoms with Crippen molar-refractivity contribution in [2.24, 2.45) is 0 Å². The molecule has 1 aromatic carbocycles. The van der Waals surface area contributed by atoms with Crippen LogP contribution in [-0.4, -0.2) is 74.7 Å². The van der Waals surface area contributed by atoms with E-state index in [1.807, 2.05) is 6.07 Å². The summed E-state index contributed by atoms with van der Waals surface area (Å²) < 4.78 is 12.1. The molecular formula is C18H22N2O8S. The van der Waals surface area contributed by atoms with E-state index in [-0.39, 0.29) is 18.2 Å². The number of aromatic amines is 1. The Kier molecular flexibility index (Phi) is 6.90. The molecular weight excluding hydrogens is 404 g/mol. The van der Waals surface area contributed by atoms with E-state index in [2.05, 4.69) is 4.98 Å². The molecule has 158 valence electrons. The topological polar surface area (TPSA) is 154 Å². The molecule has 0 radical (unpaired) electrons. The van der Waals surface area contributed by atoms with Crippen LogP contribution in [0.25, 0.3) is 0 Å². The minimum atomic E-state index is -1.93. The van der Waals surface area contributed by atoms with Gasteiger partial charge in [-0.2, -0.15) is 0 Å². The summed E-state index contributed by atoms with van der Waals surface area (Å²) in [6.45, 7) is -1.46. The second kappa shape index (κ2) is 9.22. The van der Waals surface area contributed by atoms with Crippen LogP contribution in [0, 0.1) is 0 Å². The van der Waals surface area contributed by atoms with Crippen molar-refractivity contribution >= 4 is 11.8 Å². The summed E-state index contributed by atoms with van der Waals surface area (Å²) in [5.41, 5.74) is -3.46. The number of aliphatic hydroxyl groups is 4. The summed E-state index contributed by atoms with van der Waals surface area (Å²) in [6.07, 6.45) is -4.35. The summed E-state index contributed by atoms with van der Waals surface area (Å²) in [5, 5.41) is 39.7. The highest BCUT2D eigenvalue weighted by Crippen LogP contribution is 2.38. The van der Waals surface area contributed by atoms with Gasteiger partial charge in [0.1, 0.15) is 18.3 Å². The Bertz CT molecular complexity index is 933. The van der Waals surface area contributed by atoms with Gasteiger partial charge in [0.25, 0.3) is 5.56 Å². The highest BCUT2D eigenvalue weighted by Gasteiger charge is 2.57. The van der Waals surface area contributed by atoms with Gasteiger partial charge in [-0.15, -0.1) is 0 Å². The SMILES string of the molecule is O=c1cc(Sc2ccccc2)n([C@]2(COCCO)O[C@H](CO)[C@@H](O)[C@H]2O)c(=O)[nH]1. The molecule has 29 heavy (non-hydrogen) atoms. The zero-order valence-electron chi connectivity index (χ0n) is 15.3. The van der Waals surface area contributed by atoms with Gasteiger partial charge in [0, 0.05) is 11.0 Å². The Labute approximate surface area is 169 Å². The monoisotopic (exact) mass is 426 g/mol. The van der Waals surface area contributed by atoms with Gasteiger partial charge >= 0.3 is 5.69 Å². The minimum Gasteiger partial charge on any atom is -0.394 e. The van der Waals surface area contributed by atoms with Gasteiger partial charge in [0.2, 0.25) is 5.72 Å². The summed E-state index contributed by atoms with van der Waals surface area (Å²) >= 11 is 1.08. The number of nitrogens with zero attached hydrogens (tertiary/aromatic N) is 1. The number of benzene rings is 1. The highest BCUT2D eigenvalue weighted by atomic mass is 32.2. The van der Waals surface area contributed by atoms with Gasteiger partial charge in [-0.1, -0.05) is 30.0 Å². The second-order valence-electron chi connectivity index (χ2n) is 6.42. The lowest BCUT2D eigenvalue weighted by Gasteiger charge is -2.35. The summed E-state index contributed by atoms with van der Waals surface area (Å²) in [7, 11) is 0. The fraction of sp³-hybridized carbons (Fsp3) is 0.444. The quantitative estimate of drug-likeness (QED) is 0.250. The van der Waals surface area contributed by atoms with Gasteiger partial charge in [0.15, 0.2) is 0 Å². The standard InChI is InChI=1S/C18H22N2O8S/c21-6-7-27-10-18(16(25)15(24)12(9-22)28-18)20-14(8-13(23)19-17(20)26)29-11-4-2-1-3-5-11/h1-5,8,12,15-16,21-22,24-25H,6-7,9-10H2,(H,19,23,26)/t12-,15-,16-,18-/m1/s1. The first-order valence-corrected chi connectivity index (χ1v) is 9.68. The zero-order valence-corrected chi connectivity index (χ0v) is 16.1. The van der Waals surface area contributed by atoms with Gasteiger partial charge in [-0.05, 0) is 12.1 Å². The van der Waals surface area contributed by atoms with Crippen molar-refractivity contribution in [1.82, 2.24) is 9.55 Å². The molecule has 0 aliphatic carbocycles. The fourth-order valence-electron chi connectivity index (χ4n) is 3.19. The third kappa shape index (κ3) is 4.31. The molecule has 0 saturated carbocycles. The summed E-state index contributed by atoms with van der Waals surface area (Å²) in [5.74, 6) is 0. The van der Waals surface area contributed by atoms with E-state index >= 15 is 0 Å². The maximum absolute atomic E-state index is 12.8. The van der Waals surface area contributed by atoms with Crippen LogP contribution >= 0.6 is 11.8 Å². The van der Waals surface area contributed by atoms with Crippen molar-refractivity contribution in [3.05, 3.63) is 57.2 Å². The van der Waals surface area contributed by atoms with Crippen LogP contribution in [0.5, 0.6) is 0 Å².